The number of aryl methyl sites for hydroxylation is 1. The molecule has 1 unspecified atom stereocenters. The molecule has 1 amide bonds. The van der Waals surface area contributed by atoms with Crippen LogP contribution in [0.25, 0.3) is 11.0 Å². The number of nitrogens with one attached hydrogen (secondary N) is 1. The van der Waals surface area contributed by atoms with Crippen molar-refractivity contribution >= 4 is 17.1 Å². The lowest BCUT2D eigenvalue weighted by Gasteiger charge is -2.29. The van der Waals surface area contributed by atoms with Crippen molar-refractivity contribution in [3.8, 4) is 0 Å². The SMILES string of the molecule is Cn1cnc2cc(C(C)(CN)CNC(=O)OC(C)(C)C)ccc21. The largest absolute Gasteiger partial charge is 0.444 e. The van der Waals surface area contributed by atoms with Gasteiger partial charge in [-0.1, -0.05) is 13.0 Å². The smallest absolute Gasteiger partial charge is 0.407 e. The van der Waals surface area contributed by atoms with Gasteiger partial charge in [-0.25, -0.2) is 9.78 Å². The van der Waals surface area contributed by atoms with Crippen LogP contribution >= 0.6 is 0 Å². The van der Waals surface area contributed by atoms with E-state index in [-0.39, 0.29) is 5.41 Å². The van der Waals surface area contributed by atoms with Crippen molar-refractivity contribution in [2.75, 3.05) is 13.1 Å². The summed E-state index contributed by atoms with van der Waals surface area (Å²) in [6.45, 7) is 8.34. The van der Waals surface area contributed by atoms with Crippen molar-refractivity contribution in [1.29, 1.82) is 0 Å². The van der Waals surface area contributed by atoms with Crippen LogP contribution in [0.1, 0.15) is 33.3 Å². The molecule has 6 heteroatoms. The van der Waals surface area contributed by atoms with E-state index in [0.717, 1.165) is 16.6 Å². The molecule has 2 rings (SSSR count). The molecule has 0 radical (unpaired) electrons. The van der Waals surface area contributed by atoms with Crippen LogP contribution in [0.2, 0.25) is 0 Å². The molecular formula is C17H26N4O2. The van der Waals surface area contributed by atoms with Gasteiger partial charge in [0, 0.05) is 25.6 Å². The zero-order valence-electron chi connectivity index (χ0n) is 14.5. The molecule has 0 spiro atoms. The van der Waals surface area contributed by atoms with Crippen molar-refractivity contribution < 1.29 is 9.53 Å². The third-order valence-electron chi connectivity index (χ3n) is 3.89. The molecule has 1 aromatic carbocycles. The van der Waals surface area contributed by atoms with Gasteiger partial charge >= 0.3 is 6.09 Å². The van der Waals surface area contributed by atoms with E-state index in [9.17, 15) is 4.79 Å². The monoisotopic (exact) mass is 318 g/mol. The van der Waals surface area contributed by atoms with Crippen molar-refractivity contribution in [3.63, 3.8) is 0 Å². The molecule has 1 aromatic heterocycles. The highest BCUT2D eigenvalue weighted by Crippen LogP contribution is 2.25. The Bertz CT molecular complexity index is 702. The highest BCUT2D eigenvalue weighted by atomic mass is 16.6. The number of carbonyl (C=O) groups excluding carboxylic acids is 1. The fourth-order valence-corrected chi connectivity index (χ4v) is 2.39. The Labute approximate surface area is 137 Å². The molecule has 126 valence electrons. The van der Waals surface area contributed by atoms with Crippen molar-refractivity contribution in [2.24, 2.45) is 12.8 Å². The van der Waals surface area contributed by atoms with Gasteiger partial charge in [-0.15, -0.1) is 0 Å². The third-order valence-corrected chi connectivity index (χ3v) is 3.89. The zero-order chi connectivity index (χ0) is 17.3. The first-order valence-electron chi connectivity index (χ1n) is 7.73. The minimum atomic E-state index is -0.518. The number of aromatic nitrogens is 2. The van der Waals surface area contributed by atoms with E-state index < -0.39 is 11.7 Å². The van der Waals surface area contributed by atoms with Gasteiger partial charge in [0.25, 0.3) is 0 Å². The molecule has 6 nitrogen and oxygen atoms in total. The molecular weight excluding hydrogens is 292 g/mol. The molecule has 1 atom stereocenters. The van der Waals surface area contributed by atoms with Crippen LogP contribution in [-0.4, -0.2) is 34.3 Å². The lowest BCUT2D eigenvalue weighted by molar-refractivity contribution is 0.0516. The van der Waals surface area contributed by atoms with Crippen molar-refractivity contribution in [1.82, 2.24) is 14.9 Å². The van der Waals surface area contributed by atoms with Crippen molar-refractivity contribution in [2.45, 2.75) is 38.7 Å². The van der Waals surface area contributed by atoms with Crippen LogP contribution in [0.5, 0.6) is 0 Å². The van der Waals surface area contributed by atoms with Crippen LogP contribution in [0.15, 0.2) is 24.5 Å². The summed E-state index contributed by atoms with van der Waals surface area (Å²) in [5, 5.41) is 2.82. The average Bonchev–Trinajstić information content (AvgIpc) is 2.84. The normalized spacial score (nSPS) is 14.5. The number of rotatable bonds is 4. The first-order valence-corrected chi connectivity index (χ1v) is 7.73. The number of alkyl carbamates (subject to hydrolysis) is 1. The molecule has 1 heterocycles. The lowest BCUT2D eigenvalue weighted by Crippen LogP contribution is -2.45. The second-order valence-electron chi connectivity index (χ2n) is 7.18. The van der Waals surface area contributed by atoms with E-state index in [1.54, 1.807) is 6.33 Å². The van der Waals surface area contributed by atoms with Crippen molar-refractivity contribution in [3.05, 3.63) is 30.1 Å². The Balaban J connectivity index is 2.16. The quantitative estimate of drug-likeness (QED) is 0.906. The summed E-state index contributed by atoms with van der Waals surface area (Å²) in [6, 6.07) is 6.09. The van der Waals surface area contributed by atoms with Crippen LogP contribution in [0, 0.1) is 0 Å². The van der Waals surface area contributed by atoms with Crippen LogP contribution in [0.3, 0.4) is 0 Å². The first kappa shape index (κ1) is 17.3. The molecule has 2 aromatic rings. The van der Waals surface area contributed by atoms with Crippen LogP contribution < -0.4 is 11.1 Å². The molecule has 0 aliphatic carbocycles. The van der Waals surface area contributed by atoms with Gasteiger partial charge in [0.05, 0.1) is 17.4 Å². The lowest BCUT2D eigenvalue weighted by atomic mass is 9.82. The number of amides is 1. The summed E-state index contributed by atoms with van der Waals surface area (Å²) in [5.41, 5.74) is 8.11. The van der Waals surface area contributed by atoms with E-state index >= 15 is 0 Å². The Hall–Kier alpha value is -2.08. The second kappa shape index (κ2) is 6.20. The summed E-state index contributed by atoms with van der Waals surface area (Å²) in [6.07, 6.45) is 1.35. The predicted molar refractivity (Wildman–Crippen MR) is 91.4 cm³/mol. The maximum absolute atomic E-state index is 11.9. The number of ether oxygens (including phenoxy) is 1. The maximum Gasteiger partial charge on any atom is 0.407 e. The number of benzene rings is 1. The number of imidazole rings is 1. The number of hydrogen-bond acceptors (Lipinski definition) is 4. The Morgan fingerprint density at radius 3 is 2.65 bits per heavy atom. The molecule has 3 N–H and O–H groups in total. The van der Waals surface area contributed by atoms with Gasteiger partial charge in [-0.2, -0.15) is 0 Å². The van der Waals surface area contributed by atoms with Crippen LogP contribution in [-0.2, 0) is 17.2 Å². The van der Waals surface area contributed by atoms with Gasteiger partial charge in [0.15, 0.2) is 0 Å². The van der Waals surface area contributed by atoms with Gasteiger partial charge in [-0.3, -0.25) is 0 Å². The Morgan fingerprint density at radius 1 is 1.35 bits per heavy atom. The Kier molecular flexibility index (Phi) is 4.66. The third kappa shape index (κ3) is 4.01. The van der Waals surface area contributed by atoms with E-state index in [1.165, 1.54) is 0 Å². The number of hydrogen-bond donors (Lipinski definition) is 2. The molecule has 0 aliphatic rings. The summed E-state index contributed by atoms with van der Waals surface area (Å²) >= 11 is 0. The minimum absolute atomic E-state index is 0.386. The molecule has 0 aliphatic heterocycles. The number of nitrogens with zero attached hydrogens (tertiary/aromatic N) is 2. The minimum Gasteiger partial charge on any atom is -0.444 e. The fourth-order valence-electron chi connectivity index (χ4n) is 2.39. The summed E-state index contributed by atoms with van der Waals surface area (Å²) in [4.78, 5) is 16.3. The number of fused-ring (bicyclic) bond motifs is 1. The van der Waals surface area contributed by atoms with Crippen LogP contribution in [0.4, 0.5) is 4.79 Å². The molecule has 0 bridgehead atoms. The zero-order valence-corrected chi connectivity index (χ0v) is 14.5. The highest BCUT2D eigenvalue weighted by molar-refractivity contribution is 5.76. The molecule has 0 fully saturated rings. The van der Waals surface area contributed by atoms with E-state index in [4.69, 9.17) is 10.5 Å². The van der Waals surface area contributed by atoms with E-state index in [0.29, 0.717) is 13.1 Å². The van der Waals surface area contributed by atoms with Gasteiger partial charge in [0.1, 0.15) is 5.60 Å². The van der Waals surface area contributed by atoms with E-state index in [1.807, 2.05) is 57.5 Å². The number of carbonyl (C=O) groups is 1. The highest BCUT2D eigenvalue weighted by Gasteiger charge is 2.27. The maximum atomic E-state index is 11.9. The summed E-state index contributed by atoms with van der Waals surface area (Å²) in [7, 11) is 1.96. The van der Waals surface area contributed by atoms with Gasteiger partial charge in [0.2, 0.25) is 0 Å². The molecule has 23 heavy (non-hydrogen) atoms. The fraction of sp³-hybridized carbons (Fsp3) is 0.529. The number of nitrogens with two attached hydrogens (primary N) is 1. The average molecular weight is 318 g/mol. The standard InChI is InChI=1S/C17H26N4O2/c1-16(2,3)23-15(22)19-10-17(4,9-18)12-6-7-14-13(8-12)20-11-21(14)5/h6-8,11H,9-10,18H2,1-5H3,(H,19,22). The molecule has 0 saturated carbocycles. The van der Waals surface area contributed by atoms with Gasteiger partial charge in [-0.05, 0) is 38.5 Å². The second-order valence-corrected chi connectivity index (χ2v) is 7.18. The Morgan fingerprint density at radius 2 is 2.04 bits per heavy atom. The topological polar surface area (TPSA) is 82.2 Å². The summed E-state index contributed by atoms with van der Waals surface area (Å²) in [5.74, 6) is 0. The summed E-state index contributed by atoms with van der Waals surface area (Å²) < 4.78 is 7.25. The first-order chi connectivity index (χ1) is 10.6. The molecule has 0 saturated heterocycles. The van der Waals surface area contributed by atoms with Gasteiger partial charge < -0.3 is 20.4 Å². The van der Waals surface area contributed by atoms with E-state index in [2.05, 4.69) is 10.3 Å². The predicted octanol–water partition coefficient (Wildman–Crippen LogP) is 2.31.